The van der Waals surface area contributed by atoms with Crippen molar-refractivity contribution in [2.24, 2.45) is 0 Å². The number of benzene rings is 1. The Kier molecular flexibility index (Phi) is 3.15. The highest BCUT2D eigenvalue weighted by Crippen LogP contribution is 2.21. The van der Waals surface area contributed by atoms with Crippen LogP contribution in [0.15, 0.2) is 30.6 Å². The van der Waals surface area contributed by atoms with E-state index in [1.165, 1.54) is 0 Å². The molecule has 1 aromatic heterocycles. The van der Waals surface area contributed by atoms with Gasteiger partial charge in [0, 0.05) is 18.3 Å². The molecule has 0 radical (unpaired) electrons. The van der Waals surface area contributed by atoms with Crippen LogP contribution in [0.5, 0.6) is 0 Å². The Morgan fingerprint density at radius 3 is 2.82 bits per heavy atom. The van der Waals surface area contributed by atoms with Gasteiger partial charge in [-0.15, -0.1) is 0 Å². The summed E-state index contributed by atoms with van der Waals surface area (Å²) in [5.74, 6) is -0.105. The number of anilines is 1. The van der Waals surface area contributed by atoms with Gasteiger partial charge in [-0.1, -0.05) is 11.6 Å². The van der Waals surface area contributed by atoms with Crippen LogP contribution in [0.1, 0.15) is 22.8 Å². The monoisotopic (exact) mass is 249 g/mol. The minimum absolute atomic E-state index is 0.105. The maximum absolute atomic E-state index is 12.1. The fraction of sp³-hybridized carbons (Fsp3) is 0.167. The number of carbonyl (C=O) groups is 1. The second-order valence-corrected chi connectivity index (χ2v) is 4.06. The third kappa shape index (κ3) is 2.31. The van der Waals surface area contributed by atoms with Gasteiger partial charge in [0.2, 0.25) is 0 Å². The molecule has 2 aromatic rings. The minimum Gasteiger partial charge on any atom is -0.398 e. The van der Waals surface area contributed by atoms with Gasteiger partial charge in [0.25, 0.3) is 0 Å². The van der Waals surface area contributed by atoms with E-state index >= 15 is 0 Å². The van der Waals surface area contributed by atoms with Crippen molar-refractivity contribution in [1.29, 1.82) is 0 Å². The Morgan fingerprint density at radius 1 is 1.47 bits per heavy atom. The highest BCUT2D eigenvalue weighted by molar-refractivity contribution is 6.33. The SMILES string of the molecule is CCn1cc(C(=O)c2ccc(N)c(Cl)c2)cn1. The van der Waals surface area contributed by atoms with Crippen LogP contribution in [-0.4, -0.2) is 15.6 Å². The topological polar surface area (TPSA) is 60.9 Å². The molecule has 4 nitrogen and oxygen atoms in total. The molecule has 0 bridgehead atoms. The molecule has 17 heavy (non-hydrogen) atoms. The Labute approximate surface area is 104 Å². The van der Waals surface area contributed by atoms with Crippen molar-refractivity contribution in [3.63, 3.8) is 0 Å². The number of nitrogens with zero attached hydrogens (tertiary/aromatic N) is 2. The van der Waals surface area contributed by atoms with Gasteiger partial charge in [-0.05, 0) is 25.1 Å². The fourth-order valence-electron chi connectivity index (χ4n) is 1.49. The molecular weight excluding hydrogens is 238 g/mol. The van der Waals surface area contributed by atoms with Crippen molar-refractivity contribution in [3.8, 4) is 0 Å². The van der Waals surface area contributed by atoms with Crippen LogP contribution in [0.2, 0.25) is 5.02 Å². The van der Waals surface area contributed by atoms with Crippen LogP contribution in [0, 0.1) is 0 Å². The molecule has 0 aliphatic carbocycles. The Hall–Kier alpha value is -1.81. The molecule has 0 unspecified atom stereocenters. The van der Waals surface area contributed by atoms with Gasteiger partial charge < -0.3 is 5.73 Å². The summed E-state index contributed by atoms with van der Waals surface area (Å²) in [4.78, 5) is 12.1. The first-order valence-electron chi connectivity index (χ1n) is 5.24. The third-order valence-corrected chi connectivity index (χ3v) is 2.81. The molecule has 0 saturated heterocycles. The van der Waals surface area contributed by atoms with Crippen LogP contribution in [0.25, 0.3) is 0 Å². The molecule has 1 aromatic carbocycles. The molecule has 2 N–H and O–H groups in total. The summed E-state index contributed by atoms with van der Waals surface area (Å²) in [5.41, 5.74) is 7.12. The number of aryl methyl sites for hydroxylation is 1. The number of nitrogens with two attached hydrogens (primary N) is 1. The summed E-state index contributed by atoms with van der Waals surface area (Å²) in [6.07, 6.45) is 3.27. The average molecular weight is 250 g/mol. The smallest absolute Gasteiger partial charge is 0.196 e. The number of carbonyl (C=O) groups excluding carboxylic acids is 1. The van der Waals surface area contributed by atoms with Crippen molar-refractivity contribution >= 4 is 23.1 Å². The number of halogens is 1. The number of ketones is 1. The predicted octanol–water partition coefficient (Wildman–Crippen LogP) is 2.37. The zero-order valence-electron chi connectivity index (χ0n) is 9.35. The van der Waals surface area contributed by atoms with E-state index in [2.05, 4.69) is 5.10 Å². The third-order valence-electron chi connectivity index (χ3n) is 2.48. The second-order valence-electron chi connectivity index (χ2n) is 3.65. The van der Waals surface area contributed by atoms with E-state index in [9.17, 15) is 4.79 Å². The van der Waals surface area contributed by atoms with Gasteiger partial charge in [0.1, 0.15) is 0 Å². The lowest BCUT2D eigenvalue weighted by molar-refractivity contribution is 0.103. The fourth-order valence-corrected chi connectivity index (χ4v) is 1.67. The van der Waals surface area contributed by atoms with Crippen molar-refractivity contribution in [1.82, 2.24) is 9.78 Å². The number of hydrogen-bond acceptors (Lipinski definition) is 3. The van der Waals surface area contributed by atoms with Crippen molar-refractivity contribution in [3.05, 3.63) is 46.7 Å². The lowest BCUT2D eigenvalue weighted by Gasteiger charge is -2.01. The first kappa shape index (κ1) is 11.7. The molecule has 0 aliphatic heterocycles. The lowest BCUT2D eigenvalue weighted by Crippen LogP contribution is -2.01. The van der Waals surface area contributed by atoms with E-state index in [0.29, 0.717) is 21.8 Å². The maximum Gasteiger partial charge on any atom is 0.196 e. The molecule has 88 valence electrons. The van der Waals surface area contributed by atoms with Crippen LogP contribution in [0.4, 0.5) is 5.69 Å². The molecule has 1 heterocycles. The summed E-state index contributed by atoms with van der Waals surface area (Å²) >= 11 is 5.88. The molecule has 0 saturated carbocycles. The number of nitrogen functional groups attached to an aromatic ring is 1. The van der Waals surface area contributed by atoms with Crippen molar-refractivity contribution in [2.75, 3.05) is 5.73 Å². The van der Waals surface area contributed by atoms with Crippen molar-refractivity contribution < 1.29 is 4.79 Å². The van der Waals surface area contributed by atoms with E-state index in [1.807, 2.05) is 6.92 Å². The quantitative estimate of drug-likeness (QED) is 0.671. The number of aromatic nitrogens is 2. The molecule has 0 amide bonds. The van der Waals surface area contributed by atoms with Crippen LogP contribution in [0.3, 0.4) is 0 Å². The van der Waals surface area contributed by atoms with E-state index < -0.39 is 0 Å². The van der Waals surface area contributed by atoms with Gasteiger partial charge in [-0.25, -0.2) is 0 Å². The Bertz CT molecular complexity index is 563. The highest BCUT2D eigenvalue weighted by atomic mass is 35.5. The van der Waals surface area contributed by atoms with Gasteiger partial charge in [-0.2, -0.15) is 5.10 Å². The largest absolute Gasteiger partial charge is 0.398 e. The van der Waals surface area contributed by atoms with E-state index in [1.54, 1.807) is 35.3 Å². The zero-order chi connectivity index (χ0) is 12.4. The average Bonchev–Trinajstić information content (AvgIpc) is 2.80. The van der Waals surface area contributed by atoms with Crippen molar-refractivity contribution in [2.45, 2.75) is 13.5 Å². The number of rotatable bonds is 3. The second kappa shape index (κ2) is 4.59. The highest BCUT2D eigenvalue weighted by Gasteiger charge is 2.12. The summed E-state index contributed by atoms with van der Waals surface area (Å²) in [7, 11) is 0. The molecule has 0 spiro atoms. The predicted molar refractivity (Wildman–Crippen MR) is 67.2 cm³/mol. The molecule has 0 atom stereocenters. The Balaban J connectivity index is 2.33. The summed E-state index contributed by atoms with van der Waals surface area (Å²) < 4.78 is 1.70. The molecule has 0 aliphatic rings. The molecule has 5 heteroatoms. The van der Waals surface area contributed by atoms with E-state index in [-0.39, 0.29) is 5.78 Å². The van der Waals surface area contributed by atoms with Crippen LogP contribution < -0.4 is 5.73 Å². The molecule has 2 rings (SSSR count). The minimum atomic E-state index is -0.105. The Morgan fingerprint density at radius 2 is 2.24 bits per heavy atom. The van der Waals surface area contributed by atoms with Crippen LogP contribution in [-0.2, 0) is 6.54 Å². The number of hydrogen-bond donors (Lipinski definition) is 1. The molecule has 0 fully saturated rings. The first-order valence-corrected chi connectivity index (χ1v) is 5.61. The van der Waals surface area contributed by atoms with Gasteiger partial charge >= 0.3 is 0 Å². The standard InChI is InChI=1S/C12H12ClN3O/c1-2-16-7-9(6-15-16)12(17)8-3-4-11(14)10(13)5-8/h3-7H,2,14H2,1H3. The lowest BCUT2D eigenvalue weighted by atomic mass is 10.1. The summed E-state index contributed by atoms with van der Waals surface area (Å²) in [6.45, 7) is 2.69. The zero-order valence-corrected chi connectivity index (χ0v) is 10.1. The summed E-state index contributed by atoms with van der Waals surface area (Å²) in [6, 6.07) is 4.86. The normalized spacial score (nSPS) is 10.5. The summed E-state index contributed by atoms with van der Waals surface area (Å²) in [5, 5.41) is 4.45. The van der Waals surface area contributed by atoms with Gasteiger partial charge in [0.05, 0.1) is 22.5 Å². The van der Waals surface area contributed by atoms with Gasteiger partial charge in [0.15, 0.2) is 5.78 Å². The van der Waals surface area contributed by atoms with Crippen LogP contribution >= 0.6 is 11.6 Å². The first-order chi connectivity index (χ1) is 8.11. The molecular formula is C12H12ClN3O. The van der Waals surface area contributed by atoms with E-state index in [0.717, 1.165) is 6.54 Å². The van der Waals surface area contributed by atoms with Gasteiger partial charge in [-0.3, -0.25) is 9.48 Å². The van der Waals surface area contributed by atoms with E-state index in [4.69, 9.17) is 17.3 Å². The maximum atomic E-state index is 12.1.